The maximum Gasteiger partial charge on any atom is 0.0377 e. The van der Waals surface area contributed by atoms with E-state index >= 15 is 0 Å². The minimum absolute atomic E-state index is 1.37. The van der Waals surface area contributed by atoms with Crippen molar-refractivity contribution in [2.45, 2.75) is 27.7 Å². The lowest BCUT2D eigenvalue weighted by Gasteiger charge is -1.99. The van der Waals surface area contributed by atoms with Crippen LogP contribution in [0.25, 0.3) is 10.1 Å². The molecule has 0 atom stereocenters. The second kappa shape index (κ2) is 2.85. The van der Waals surface area contributed by atoms with E-state index in [1.807, 2.05) is 11.3 Å². The van der Waals surface area contributed by atoms with Gasteiger partial charge in [0.1, 0.15) is 0 Å². The molecule has 0 spiro atoms. The first-order valence-electron chi connectivity index (χ1n) is 4.56. The largest absolute Gasteiger partial charge is 0.140 e. The summed E-state index contributed by atoms with van der Waals surface area (Å²) in [4.78, 5) is 1.45. The van der Waals surface area contributed by atoms with Crippen LogP contribution in [0, 0.1) is 27.7 Å². The Labute approximate surface area is 83.2 Å². The fourth-order valence-corrected chi connectivity index (χ4v) is 2.90. The van der Waals surface area contributed by atoms with E-state index in [-0.39, 0.29) is 0 Å². The van der Waals surface area contributed by atoms with Crippen molar-refractivity contribution < 1.29 is 0 Å². The summed E-state index contributed by atoms with van der Waals surface area (Å²) in [6.45, 7) is 8.78. The molecule has 0 fully saturated rings. The molecule has 0 amide bonds. The monoisotopic (exact) mass is 190 g/mol. The third-order valence-corrected chi connectivity index (χ3v) is 3.96. The molecule has 1 aromatic heterocycles. The summed E-state index contributed by atoms with van der Waals surface area (Å²) < 4.78 is 1.46. The van der Waals surface area contributed by atoms with E-state index in [2.05, 4.69) is 39.8 Å². The predicted molar refractivity (Wildman–Crippen MR) is 60.8 cm³/mol. The highest BCUT2D eigenvalue weighted by atomic mass is 32.1. The van der Waals surface area contributed by atoms with Gasteiger partial charge in [-0.15, -0.1) is 11.3 Å². The molecule has 2 rings (SSSR count). The Balaban J connectivity index is 2.94. The summed E-state index contributed by atoms with van der Waals surface area (Å²) in [5.41, 5.74) is 4.23. The fourth-order valence-electron chi connectivity index (χ4n) is 1.79. The van der Waals surface area contributed by atoms with Gasteiger partial charge in [0.05, 0.1) is 0 Å². The quantitative estimate of drug-likeness (QED) is 0.586. The summed E-state index contributed by atoms with van der Waals surface area (Å²) in [5.74, 6) is 0. The number of hydrogen-bond donors (Lipinski definition) is 0. The minimum atomic E-state index is 1.37. The first-order valence-corrected chi connectivity index (χ1v) is 5.38. The van der Waals surface area contributed by atoms with E-state index in [9.17, 15) is 0 Å². The Bertz CT molecular complexity index is 463. The summed E-state index contributed by atoms with van der Waals surface area (Å²) in [5, 5.41) is 1.44. The van der Waals surface area contributed by atoms with E-state index in [1.54, 1.807) is 0 Å². The Morgan fingerprint density at radius 1 is 1.00 bits per heavy atom. The highest BCUT2D eigenvalue weighted by Gasteiger charge is 2.06. The molecule has 0 aliphatic carbocycles. The highest BCUT2D eigenvalue weighted by Crippen LogP contribution is 2.33. The molecule has 0 saturated carbocycles. The average molecular weight is 190 g/mol. The van der Waals surface area contributed by atoms with Gasteiger partial charge in [0, 0.05) is 9.58 Å². The molecule has 0 saturated heterocycles. The summed E-state index contributed by atoms with van der Waals surface area (Å²) in [6.07, 6.45) is 0. The molecule has 0 aliphatic rings. The normalized spacial score (nSPS) is 11.1. The van der Waals surface area contributed by atoms with Crippen molar-refractivity contribution >= 4 is 21.4 Å². The number of aryl methyl sites for hydroxylation is 4. The molecule has 2 aromatic rings. The molecular formula is C12H14S. The second-order valence-corrected chi connectivity index (χ2v) is 4.97. The van der Waals surface area contributed by atoms with Crippen molar-refractivity contribution in [3.05, 3.63) is 33.7 Å². The summed E-state index contributed by atoms with van der Waals surface area (Å²) in [6, 6.07) is 4.55. The molecule has 0 nitrogen and oxygen atoms in total. The van der Waals surface area contributed by atoms with E-state index in [4.69, 9.17) is 0 Å². The number of benzene rings is 1. The smallest absolute Gasteiger partial charge is 0.0377 e. The molecule has 0 unspecified atom stereocenters. The standard InChI is InChI=1S/C12H14S/c1-7-5-8(2)12-11(6-7)9(3)10(4)13-12/h5-6H,1-4H3. The SMILES string of the molecule is Cc1cc(C)c2sc(C)c(C)c2c1. The van der Waals surface area contributed by atoms with E-state index in [0.29, 0.717) is 0 Å². The molecule has 13 heavy (non-hydrogen) atoms. The lowest BCUT2D eigenvalue weighted by atomic mass is 10.1. The van der Waals surface area contributed by atoms with Crippen molar-refractivity contribution in [3.63, 3.8) is 0 Å². The van der Waals surface area contributed by atoms with E-state index < -0.39 is 0 Å². The van der Waals surface area contributed by atoms with Gasteiger partial charge in [0.25, 0.3) is 0 Å². The molecule has 0 bridgehead atoms. The highest BCUT2D eigenvalue weighted by molar-refractivity contribution is 7.19. The van der Waals surface area contributed by atoms with Crippen LogP contribution in [0.3, 0.4) is 0 Å². The Morgan fingerprint density at radius 2 is 1.69 bits per heavy atom. The van der Waals surface area contributed by atoms with Gasteiger partial charge in [0.15, 0.2) is 0 Å². The molecular weight excluding hydrogens is 176 g/mol. The Morgan fingerprint density at radius 3 is 2.38 bits per heavy atom. The summed E-state index contributed by atoms with van der Waals surface area (Å²) in [7, 11) is 0. The van der Waals surface area contributed by atoms with Gasteiger partial charge in [0.2, 0.25) is 0 Å². The molecule has 0 aliphatic heterocycles. The number of thiophene rings is 1. The zero-order valence-corrected chi connectivity index (χ0v) is 9.38. The maximum absolute atomic E-state index is 2.29. The first kappa shape index (κ1) is 8.76. The molecule has 1 aromatic carbocycles. The molecule has 1 heteroatoms. The van der Waals surface area contributed by atoms with Gasteiger partial charge in [-0.2, -0.15) is 0 Å². The van der Waals surface area contributed by atoms with Gasteiger partial charge >= 0.3 is 0 Å². The number of hydrogen-bond acceptors (Lipinski definition) is 1. The maximum atomic E-state index is 2.29. The molecule has 0 N–H and O–H groups in total. The Hall–Kier alpha value is -0.820. The molecule has 68 valence electrons. The zero-order valence-electron chi connectivity index (χ0n) is 8.56. The van der Waals surface area contributed by atoms with Gasteiger partial charge in [-0.3, -0.25) is 0 Å². The average Bonchev–Trinajstić information content (AvgIpc) is 2.32. The van der Waals surface area contributed by atoms with Crippen LogP contribution in [0.1, 0.15) is 21.6 Å². The summed E-state index contributed by atoms with van der Waals surface area (Å²) >= 11 is 1.91. The van der Waals surface area contributed by atoms with E-state index in [0.717, 1.165) is 0 Å². The fraction of sp³-hybridized carbons (Fsp3) is 0.333. The van der Waals surface area contributed by atoms with Crippen molar-refractivity contribution in [2.75, 3.05) is 0 Å². The van der Waals surface area contributed by atoms with Gasteiger partial charge in [-0.25, -0.2) is 0 Å². The molecule has 1 heterocycles. The van der Waals surface area contributed by atoms with E-state index in [1.165, 1.54) is 31.7 Å². The van der Waals surface area contributed by atoms with Gasteiger partial charge in [-0.1, -0.05) is 17.7 Å². The predicted octanol–water partition coefficient (Wildman–Crippen LogP) is 4.13. The van der Waals surface area contributed by atoms with Crippen LogP contribution in [0.5, 0.6) is 0 Å². The van der Waals surface area contributed by atoms with Crippen LogP contribution in [-0.2, 0) is 0 Å². The lowest BCUT2D eigenvalue weighted by molar-refractivity contribution is 1.42. The van der Waals surface area contributed by atoms with Crippen molar-refractivity contribution in [3.8, 4) is 0 Å². The lowest BCUT2D eigenvalue weighted by Crippen LogP contribution is -1.78. The van der Waals surface area contributed by atoms with Gasteiger partial charge in [-0.05, 0) is 44.2 Å². The van der Waals surface area contributed by atoms with Crippen molar-refractivity contribution in [1.82, 2.24) is 0 Å². The number of fused-ring (bicyclic) bond motifs is 1. The van der Waals surface area contributed by atoms with Crippen molar-refractivity contribution in [1.29, 1.82) is 0 Å². The zero-order chi connectivity index (χ0) is 9.59. The van der Waals surface area contributed by atoms with Crippen LogP contribution >= 0.6 is 11.3 Å². The van der Waals surface area contributed by atoms with Crippen LogP contribution in [-0.4, -0.2) is 0 Å². The minimum Gasteiger partial charge on any atom is -0.140 e. The van der Waals surface area contributed by atoms with Gasteiger partial charge < -0.3 is 0 Å². The third-order valence-electron chi connectivity index (χ3n) is 2.61. The molecule has 0 radical (unpaired) electrons. The van der Waals surface area contributed by atoms with Crippen LogP contribution < -0.4 is 0 Å². The van der Waals surface area contributed by atoms with Crippen LogP contribution in [0.15, 0.2) is 12.1 Å². The van der Waals surface area contributed by atoms with Crippen LogP contribution in [0.4, 0.5) is 0 Å². The van der Waals surface area contributed by atoms with Crippen molar-refractivity contribution in [2.24, 2.45) is 0 Å². The Kier molecular flexibility index (Phi) is 1.92. The van der Waals surface area contributed by atoms with Crippen LogP contribution in [0.2, 0.25) is 0 Å². The number of rotatable bonds is 0. The second-order valence-electron chi connectivity index (χ2n) is 3.74. The third kappa shape index (κ3) is 1.28. The first-order chi connectivity index (χ1) is 6.09. The topological polar surface area (TPSA) is 0 Å².